The molecule has 0 fully saturated rings. The summed E-state index contributed by atoms with van der Waals surface area (Å²) in [6.45, 7) is 8.02. The number of aryl methyl sites for hydroxylation is 1. The molecule has 0 spiro atoms. The number of benzene rings is 1. The molecule has 1 atom stereocenters. The highest BCUT2D eigenvalue weighted by Gasteiger charge is 2.31. The zero-order chi connectivity index (χ0) is 19.3. The number of aliphatic hydroxyl groups excluding tert-OH is 1. The van der Waals surface area contributed by atoms with Gasteiger partial charge in [-0.05, 0) is 39.8 Å². The van der Waals surface area contributed by atoms with Gasteiger partial charge in [0.05, 0.1) is 35.1 Å². The highest BCUT2D eigenvalue weighted by Crippen LogP contribution is 2.33. The maximum atomic E-state index is 12.1. The van der Waals surface area contributed by atoms with Crippen molar-refractivity contribution in [2.45, 2.75) is 39.3 Å². The Kier molecular flexibility index (Phi) is 3.92. The van der Waals surface area contributed by atoms with E-state index in [-0.39, 0.29) is 18.1 Å². The number of aliphatic hydroxyl groups is 1. The monoisotopic (exact) mass is 365 g/mol. The van der Waals surface area contributed by atoms with Crippen molar-refractivity contribution in [2.24, 2.45) is 0 Å². The van der Waals surface area contributed by atoms with Gasteiger partial charge < -0.3 is 20.7 Å². The molecule has 1 aliphatic heterocycles. The fraction of sp³-hybridized carbons (Fsp3) is 0.350. The van der Waals surface area contributed by atoms with Crippen LogP contribution in [0.1, 0.15) is 48.6 Å². The number of nitrogens with zero attached hydrogens (tertiary/aromatic N) is 2. The number of aromatic amines is 1. The number of carbonyl (C=O) groups excluding carboxylic acids is 1. The lowest BCUT2D eigenvalue weighted by molar-refractivity contribution is 0.0942. The van der Waals surface area contributed by atoms with Crippen molar-refractivity contribution in [2.75, 3.05) is 11.9 Å². The molecule has 2 aromatic heterocycles. The van der Waals surface area contributed by atoms with Crippen LogP contribution in [0.15, 0.2) is 24.3 Å². The number of rotatable bonds is 3. The third kappa shape index (κ3) is 3.04. The van der Waals surface area contributed by atoms with Gasteiger partial charge in [0.1, 0.15) is 11.3 Å². The smallest absolute Gasteiger partial charge is 0.253 e. The molecule has 3 aromatic rings. The van der Waals surface area contributed by atoms with E-state index in [0.29, 0.717) is 11.3 Å². The first-order valence-electron chi connectivity index (χ1n) is 8.97. The van der Waals surface area contributed by atoms with E-state index in [1.807, 2.05) is 31.2 Å². The Morgan fingerprint density at radius 3 is 2.70 bits per heavy atom. The second-order valence-electron chi connectivity index (χ2n) is 7.92. The van der Waals surface area contributed by atoms with E-state index < -0.39 is 6.04 Å². The van der Waals surface area contributed by atoms with Crippen LogP contribution in [-0.2, 0) is 0 Å². The molecule has 140 valence electrons. The first-order valence-corrected chi connectivity index (χ1v) is 8.97. The molecule has 4 N–H and O–H groups in total. The third-order valence-corrected chi connectivity index (χ3v) is 4.58. The molecular formula is C20H23N5O2. The first kappa shape index (κ1) is 17.5. The normalized spacial score (nSPS) is 16.5. The third-order valence-electron chi connectivity index (χ3n) is 4.58. The Morgan fingerprint density at radius 2 is 2.00 bits per heavy atom. The number of aromatic nitrogens is 3. The number of para-hydroxylation sites is 1. The lowest BCUT2D eigenvalue weighted by Crippen LogP contribution is -2.27. The van der Waals surface area contributed by atoms with E-state index in [9.17, 15) is 9.90 Å². The van der Waals surface area contributed by atoms with Gasteiger partial charge in [0.15, 0.2) is 0 Å². The molecule has 0 radical (unpaired) electrons. The predicted molar refractivity (Wildman–Crippen MR) is 105 cm³/mol. The highest BCUT2D eigenvalue weighted by molar-refractivity contribution is 6.01. The summed E-state index contributed by atoms with van der Waals surface area (Å²) in [4.78, 5) is 24.9. The van der Waals surface area contributed by atoms with Crippen LogP contribution in [-0.4, -0.2) is 38.1 Å². The maximum Gasteiger partial charge on any atom is 0.253 e. The molecule has 3 heterocycles. The van der Waals surface area contributed by atoms with E-state index in [0.717, 1.165) is 33.8 Å². The molecule has 0 bridgehead atoms. The van der Waals surface area contributed by atoms with E-state index in [2.05, 4.69) is 36.4 Å². The summed E-state index contributed by atoms with van der Waals surface area (Å²) in [5.74, 6) is 0.566. The number of anilines is 1. The summed E-state index contributed by atoms with van der Waals surface area (Å²) in [6.07, 6.45) is 0. The van der Waals surface area contributed by atoms with Gasteiger partial charge in [-0.3, -0.25) is 4.79 Å². The zero-order valence-corrected chi connectivity index (χ0v) is 15.8. The minimum Gasteiger partial charge on any atom is -0.394 e. The maximum absolute atomic E-state index is 12.1. The van der Waals surface area contributed by atoms with Crippen molar-refractivity contribution in [3.63, 3.8) is 0 Å². The van der Waals surface area contributed by atoms with Gasteiger partial charge in [-0.15, -0.1) is 0 Å². The molecule has 0 saturated heterocycles. The summed E-state index contributed by atoms with van der Waals surface area (Å²) < 4.78 is 0. The van der Waals surface area contributed by atoms with Crippen molar-refractivity contribution in [1.29, 1.82) is 0 Å². The number of hydrogen-bond acceptors (Lipinski definition) is 5. The SMILES string of the molecule is Cc1nc2cccc(-c3cc4c([nH]3)C(CO)NC4=O)c2nc1NC(C)(C)C. The van der Waals surface area contributed by atoms with Gasteiger partial charge in [0.25, 0.3) is 5.91 Å². The van der Waals surface area contributed by atoms with Crippen LogP contribution in [0, 0.1) is 6.92 Å². The average molecular weight is 365 g/mol. The molecule has 1 aliphatic rings. The fourth-order valence-corrected chi connectivity index (χ4v) is 3.38. The van der Waals surface area contributed by atoms with E-state index in [4.69, 9.17) is 9.97 Å². The van der Waals surface area contributed by atoms with Crippen LogP contribution in [0.25, 0.3) is 22.3 Å². The van der Waals surface area contributed by atoms with Crippen LogP contribution in [0.4, 0.5) is 5.82 Å². The zero-order valence-electron chi connectivity index (χ0n) is 15.8. The van der Waals surface area contributed by atoms with Crippen LogP contribution in [0.3, 0.4) is 0 Å². The molecule has 0 saturated carbocycles. The van der Waals surface area contributed by atoms with E-state index >= 15 is 0 Å². The highest BCUT2D eigenvalue weighted by atomic mass is 16.3. The molecular weight excluding hydrogens is 342 g/mol. The van der Waals surface area contributed by atoms with Crippen molar-refractivity contribution in [3.8, 4) is 11.3 Å². The van der Waals surface area contributed by atoms with Crippen molar-refractivity contribution in [1.82, 2.24) is 20.3 Å². The Labute approximate surface area is 157 Å². The van der Waals surface area contributed by atoms with Gasteiger partial charge in [-0.1, -0.05) is 12.1 Å². The summed E-state index contributed by atoms with van der Waals surface area (Å²) in [5.41, 5.74) is 5.19. The van der Waals surface area contributed by atoms with Crippen molar-refractivity contribution >= 4 is 22.8 Å². The number of amides is 1. The Balaban J connectivity index is 1.87. The largest absolute Gasteiger partial charge is 0.394 e. The molecule has 7 heteroatoms. The van der Waals surface area contributed by atoms with Crippen LogP contribution in [0.2, 0.25) is 0 Å². The summed E-state index contributed by atoms with van der Waals surface area (Å²) >= 11 is 0. The molecule has 0 aliphatic carbocycles. The first-order chi connectivity index (χ1) is 12.8. The Hall–Kier alpha value is -2.93. The molecule has 4 rings (SSSR count). The summed E-state index contributed by atoms with van der Waals surface area (Å²) in [6, 6.07) is 7.23. The minimum absolute atomic E-state index is 0.137. The Morgan fingerprint density at radius 1 is 1.22 bits per heavy atom. The van der Waals surface area contributed by atoms with Crippen LogP contribution < -0.4 is 10.6 Å². The van der Waals surface area contributed by atoms with Crippen molar-refractivity contribution < 1.29 is 9.90 Å². The second kappa shape index (κ2) is 6.06. The summed E-state index contributed by atoms with van der Waals surface area (Å²) in [5, 5.41) is 15.6. The lowest BCUT2D eigenvalue weighted by Gasteiger charge is -2.22. The van der Waals surface area contributed by atoms with Gasteiger partial charge in [0.2, 0.25) is 0 Å². The summed E-state index contributed by atoms with van der Waals surface area (Å²) in [7, 11) is 0. The van der Waals surface area contributed by atoms with Gasteiger partial charge in [0, 0.05) is 16.8 Å². The molecule has 1 unspecified atom stereocenters. The minimum atomic E-state index is -0.400. The number of nitrogens with one attached hydrogen (secondary N) is 3. The quantitative estimate of drug-likeness (QED) is 0.571. The molecule has 27 heavy (non-hydrogen) atoms. The van der Waals surface area contributed by atoms with E-state index in [1.54, 1.807) is 0 Å². The number of carbonyl (C=O) groups is 1. The molecule has 1 amide bonds. The Bertz CT molecular complexity index is 1050. The molecule has 7 nitrogen and oxygen atoms in total. The predicted octanol–water partition coefficient (Wildman–Crippen LogP) is 2.92. The number of H-pyrrole nitrogens is 1. The average Bonchev–Trinajstić information content (AvgIpc) is 3.14. The topological polar surface area (TPSA) is 103 Å². The van der Waals surface area contributed by atoms with Crippen LogP contribution >= 0.6 is 0 Å². The number of hydrogen-bond donors (Lipinski definition) is 4. The standard InChI is InChI=1S/C20H23N5O2/c1-10-18(25-20(2,3)4)24-16-11(6-5-7-13(16)21-10)14-8-12-17(22-14)15(9-26)23-19(12)27/h5-8,15,22,26H,9H2,1-4H3,(H,23,27)(H,24,25). The van der Waals surface area contributed by atoms with Crippen molar-refractivity contribution in [3.05, 3.63) is 41.2 Å². The lowest BCUT2D eigenvalue weighted by atomic mass is 10.1. The number of fused-ring (bicyclic) bond motifs is 2. The van der Waals surface area contributed by atoms with Crippen LogP contribution in [0.5, 0.6) is 0 Å². The van der Waals surface area contributed by atoms with Gasteiger partial charge in [-0.25, -0.2) is 9.97 Å². The molecule has 1 aromatic carbocycles. The van der Waals surface area contributed by atoms with Gasteiger partial charge in [-0.2, -0.15) is 0 Å². The fourth-order valence-electron chi connectivity index (χ4n) is 3.38. The second-order valence-corrected chi connectivity index (χ2v) is 7.92. The van der Waals surface area contributed by atoms with E-state index in [1.165, 1.54) is 0 Å². The van der Waals surface area contributed by atoms with Gasteiger partial charge >= 0.3 is 0 Å².